The summed E-state index contributed by atoms with van der Waals surface area (Å²) in [5.74, 6) is 0. The van der Waals surface area contributed by atoms with Gasteiger partial charge in [0.25, 0.3) is 0 Å². The SMILES string of the molecule is NCCCn1cc(S(=O)(=O)NCC(F)(F)F)cn1. The smallest absolute Gasteiger partial charge is 0.330 e. The molecule has 0 atom stereocenters. The summed E-state index contributed by atoms with van der Waals surface area (Å²) in [5.41, 5.74) is 5.27. The molecule has 0 aliphatic carbocycles. The van der Waals surface area contributed by atoms with Crippen LogP contribution in [0.2, 0.25) is 0 Å². The van der Waals surface area contributed by atoms with Crippen LogP contribution in [-0.4, -0.2) is 37.5 Å². The van der Waals surface area contributed by atoms with Crippen LogP contribution >= 0.6 is 0 Å². The van der Waals surface area contributed by atoms with Crippen LogP contribution in [0.3, 0.4) is 0 Å². The lowest BCUT2D eigenvalue weighted by atomic mass is 10.4. The van der Waals surface area contributed by atoms with Crippen molar-refractivity contribution >= 4 is 10.0 Å². The maximum atomic E-state index is 11.9. The average molecular weight is 286 g/mol. The zero-order valence-electron chi connectivity index (χ0n) is 9.31. The van der Waals surface area contributed by atoms with Crippen LogP contribution in [0, 0.1) is 0 Å². The maximum absolute atomic E-state index is 11.9. The Labute approximate surface area is 102 Å². The van der Waals surface area contributed by atoms with Gasteiger partial charge in [-0.15, -0.1) is 0 Å². The third-order valence-electron chi connectivity index (χ3n) is 1.97. The predicted octanol–water partition coefficient (Wildman–Crippen LogP) is 0.0725. The topological polar surface area (TPSA) is 90.0 Å². The number of nitrogens with zero attached hydrogens (tertiary/aromatic N) is 2. The fourth-order valence-corrected chi connectivity index (χ4v) is 2.09. The van der Waals surface area contributed by atoms with E-state index in [0.717, 1.165) is 12.4 Å². The molecule has 1 heterocycles. The fraction of sp³-hybridized carbons (Fsp3) is 0.625. The Bertz CT molecular complexity index is 483. The molecule has 0 aliphatic rings. The van der Waals surface area contributed by atoms with Gasteiger partial charge >= 0.3 is 6.18 Å². The van der Waals surface area contributed by atoms with E-state index in [4.69, 9.17) is 5.73 Å². The molecule has 1 aromatic heterocycles. The number of sulfonamides is 1. The van der Waals surface area contributed by atoms with Crippen LogP contribution in [0.4, 0.5) is 13.2 Å². The van der Waals surface area contributed by atoms with Crippen molar-refractivity contribution in [2.75, 3.05) is 13.1 Å². The standard InChI is InChI=1S/C8H13F3N4O2S/c9-8(10,11)6-14-18(16,17)7-4-13-15(5-7)3-1-2-12/h4-5,14H,1-3,6,12H2. The summed E-state index contributed by atoms with van der Waals surface area (Å²) in [6.45, 7) is -0.789. The first-order chi connectivity index (χ1) is 8.24. The molecule has 6 nitrogen and oxygen atoms in total. The van der Waals surface area contributed by atoms with Crippen molar-refractivity contribution in [3.05, 3.63) is 12.4 Å². The van der Waals surface area contributed by atoms with Gasteiger partial charge in [-0.1, -0.05) is 0 Å². The summed E-state index contributed by atoms with van der Waals surface area (Å²) in [6.07, 6.45) is -1.84. The molecule has 10 heteroatoms. The summed E-state index contributed by atoms with van der Waals surface area (Å²) in [5, 5.41) is 3.73. The molecule has 0 aliphatic heterocycles. The second-order valence-electron chi connectivity index (χ2n) is 3.52. The molecule has 0 amide bonds. The molecule has 18 heavy (non-hydrogen) atoms. The van der Waals surface area contributed by atoms with Crippen LogP contribution in [0.1, 0.15) is 6.42 Å². The Balaban J connectivity index is 2.70. The number of alkyl halides is 3. The van der Waals surface area contributed by atoms with Crippen molar-refractivity contribution in [2.24, 2.45) is 5.73 Å². The molecule has 0 unspecified atom stereocenters. The molecule has 0 bridgehead atoms. The maximum Gasteiger partial charge on any atom is 0.402 e. The molecule has 0 spiro atoms. The quantitative estimate of drug-likeness (QED) is 0.774. The van der Waals surface area contributed by atoms with Gasteiger partial charge < -0.3 is 5.73 Å². The minimum absolute atomic E-state index is 0.302. The van der Waals surface area contributed by atoms with Crippen molar-refractivity contribution in [3.8, 4) is 0 Å². The zero-order valence-corrected chi connectivity index (χ0v) is 10.1. The minimum Gasteiger partial charge on any atom is -0.330 e. The van der Waals surface area contributed by atoms with Crippen LogP contribution in [0.5, 0.6) is 0 Å². The molecule has 1 aromatic rings. The summed E-state index contributed by atoms with van der Waals surface area (Å²) in [6, 6.07) is 0. The highest BCUT2D eigenvalue weighted by molar-refractivity contribution is 7.89. The second-order valence-corrected chi connectivity index (χ2v) is 5.29. The van der Waals surface area contributed by atoms with Crippen molar-refractivity contribution in [3.63, 3.8) is 0 Å². The second kappa shape index (κ2) is 5.67. The molecule has 0 radical (unpaired) electrons. The molecular formula is C8H13F3N4O2S. The van der Waals surface area contributed by atoms with E-state index < -0.39 is 22.7 Å². The number of halogens is 3. The van der Waals surface area contributed by atoms with Gasteiger partial charge in [0.15, 0.2) is 0 Å². The Hall–Kier alpha value is -1.13. The molecule has 0 fully saturated rings. The Morgan fingerprint density at radius 2 is 2.11 bits per heavy atom. The van der Waals surface area contributed by atoms with Gasteiger partial charge in [-0.05, 0) is 13.0 Å². The van der Waals surface area contributed by atoms with Crippen molar-refractivity contribution < 1.29 is 21.6 Å². The Morgan fingerprint density at radius 1 is 1.44 bits per heavy atom. The third-order valence-corrected chi connectivity index (χ3v) is 3.33. The number of aryl methyl sites for hydroxylation is 1. The van der Waals surface area contributed by atoms with Crippen LogP contribution in [0.15, 0.2) is 17.3 Å². The lowest BCUT2D eigenvalue weighted by molar-refractivity contribution is -0.121. The number of rotatable bonds is 6. The molecule has 3 N–H and O–H groups in total. The fourth-order valence-electron chi connectivity index (χ4n) is 1.12. The van der Waals surface area contributed by atoms with E-state index in [-0.39, 0.29) is 4.90 Å². The normalized spacial score (nSPS) is 12.9. The average Bonchev–Trinajstić information content (AvgIpc) is 2.72. The van der Waals surface area contributed by atoms with E-state index >= 15 is 0 Å². The third kappa shape index (κ3) is 4.63. The van der Waals surface area contributed by atoms with Gasteiger partial charge in [0.2, 0.25) is 10.0 Å². The van der Waals surface area contributed by atoms with Gasteiger partial charge in [-0.2, -0.15) is 18.3 Å². The highest BCUT2D eigenvalue weighted by Gasteiger charge is 2.30. The molecule has 0 aromatic carbocycles. The van der Waals surface area contributed by atoms with E-state index in [2.05, 4.69) is 5.10 Å². The lowest BCUT2D eigenvalue weighted by Crippen LogP contribution is -2.33. The van der Waals surface area contributed by atoms with Crippen LogP contribution < -0.4 is 10.5 Å². The largest absolute Gasteiger partial charge is 0.402 e. The molecular weight excluding hydrogens is 273 g/mol. The van der Waals surface area contributed by atoms with Crippen LogP contribution in [-0.2, 0) is 16.6 Å². The monoisotopic (exact) mass is 286 g/mol. The highest BCUT2D eigenvalue weighted by atomic mass is 32.2. The van der Waals surface area contributed by atoms with Crippen molar-refractivity contribution in [1.82, 2.24) is 14.5 Å². The summed E-state index contributed by atoms with van der Waals surface area (Å²) >= 11 is 0. The van der Waals surface area contributed by atoms with Gasteiger partial charge in [-0.25, -0.2) is 13.1 Å². The number of nitrogens with two attached hydrogens (primary N) is 1. The first kappa shape index (κ1) is 14.9. The minimum atomic E-state index is -4.59. The first-order valence-corrected chi connectivity index (χ1v) is 6.52. The van der Waals surface area contributed by atoms with Gasteiger partial charge in [0, 0.05) is 12.7 Å². The summed E-state index contributed by atoms with van der Waals surface area (Å²) in [7, 11) is -4.18. The molecule has 1 rings (SSSR count). The Kier molecular flexibility index (Phi) is 4.71. The van der Waals surface area contributed by atoms with Crippen molar-refractivity contribution in [2.45, 2.75) is 24.0 Å². The predicted molar refractivity (Wildman–Crippen MR) is 57.1 cm³/mol. The first-order valence-electron chi connectivity index (χ1n) is 5.03. The highest BCUT2D eigenvalue weighted by Crippen LogP contribution is 2.14. The summed E-state index contributed by atoms with van der Waals surface area (Å²) < 4.78 is 61.5. The van der Waals surface area contributed by atoms with E-state index in [1.54, 1.807) is 0 Å². The van der Waals surface area contributed by atoms with Crippen LogP contribution in [0.25, 0.3) is 0 Å². The van der Waals surface area contributed by atoms with E-state index in [1.165, 1.54) is 9.40 Å². The number of hydrogen-bond donors (Lipinski definition) is 2. The van der Waals surface area contributed by atoms with Gasteiger partial charge in [-0.3, -0.25) is 4.68 Å². The molecule has 104 valence electrons. The van der Waals surface area contributed by atoms with E-state index in [9.17, 15) is 21.6 Å². The number of hydrogen-bond acceptors (Lipinski definition) is 4. The van der Waals surface area contributed by atoms with Crippen molar-refractivity contribution in [1.29, 1.82) is 0 Å². The summed E-state index contributed by atoms with van der Waals surface area (Å²) in [4.78, 5) is -0.302. The zero-order chi connectivity index (χ0) is 13.8. The number of nitrogens with one attached hydrogen (secondary N) is 1. The van der Waals surface area contributed by atoms with Gasteiger partial charge in [0.1, 0.15) is 11.4 Å². The Morgan fingerprint density at radius 3 is 2.67 bits per heavy atom. The molecule has 0 saturated heterocycles. The van der Waals surface area contributed by atoms with Gasteiger partial charge in [0.05, 0.1) is 6.20 Å². The van der Waals surface area contributed by atoms with E-state index in [0.29, 0.717) is 19.5 Å². The molecule has 0 saturated carbocycles. The number of aromatic nitrogens is 2. The lowest BCUT2D eigenvalue weighted by Gasteiger charge is -2.07. The van der Waals surface area contributed by atoms with E-state index in [1.807, 2.05) is 0 Å².